The van der Waals surface area contributed by atoms with Gasteiger partial charge in [0.2, 0.25) is 0 Å². The topological polar surface area (TPSA) is 53.7 Å². The quantitative estimate of drug-likeness (QED) is 0.465. The largest absolute Gasteiger partial charge is 0.370 e. The van der Waals surface area contributed by atoms with Crippen molar-refractivity contribution in [2.75, 3.05) is 38.1 Å². The fraction of sp³-hybridized carbons (Fsp3) is 0.346. The Balaban J connectivity index is 0.000000165. The van der Waals surface area contributed by atoms with Gasteiger partial charge < -0.3 is 14.2 Å². The molecule has 0 aliphatic carbocycles. The van der Waals surface area contributed by atoms with E-state index in [0.29, 0.717) is 5.41 Å². The summed E-state index contributed by atoms with van der Waals surface area (Å²) in [6.45, 7) is 10.6. The molecule has 6 nitrogen and oxygen atoms in total. The zero-order chi connectivity index (χ0) is 22.5. The molecule has 0 saturated carbocycles. The van der Waals surface area contributed by atoms with Gasteiger partial charge in [0.1, 0.15) is 0 Å². The van der Waals surface area contributed by atoms with Crippen LogP contribution in [0.15, 0.2) is 59.8 Å². The van der Waals surface area contributed by atoms with Crippen LogP contribution in [0.2, 0.25) is 0 Å². The molecule has 0 bridgehead atoms. The van der Waals surface area contributed by atoms with E-state index in [2.05, 4.69) is 45.0 Å². The molecular weight excluding hydrogens is 398 g/mol. The molecule has 6 rings (SSSR count). The van der Waals surface area contributed by atoms with Gasteiger partial charge in [0.15, 0.2) is 11.1 Å². The van der Waals surface area contributed by atoms with E-state index < -0.39 is 0 Å². The lowest BCUT2D eigenvalue weighted by Crippen LogP contribution is -2.71. The molecular formula is C26H29N5O. The molecule has 2 aliphatic rings. The molecule has 0 unspecified atom stereocenters. The molecule has 2 saturated heterocycles. The zero-order valence-corrected chi connectivity index (χ0v) is 19.2. The lowest BCUT2D eigenvalue weighted by molar-refractivity contribution is -0.00237. The van der Waals surface area contributed by atoms with Crippen LogP contribution in [0.1, 0.15) is 17.0 Å². The summed E-state index contributed by atoms with van der Waals surface area (Å²) in [5, 5.41) is 2.28. The van der Waals surface area contributed by atoms with E-state index in [9.17, 15) is 4.79 Å². The summed E-state index contributed by atoms with van der Waals surface area (Å²) in [6, 6.07) is 12.1. The van der Waals surface area contributed by atoms with E-state index in [1.54, 1.807) is 12.3 Å². The first-order chi connectivity index (χ1) is 15.3. The smallest absolute Gasteiger partial charge is 0.181 e. The number of fused-ring (bicyclic) bond motifs is 2. The van der Waals surface area contributed by atoms with E-state index in [0.717, 1.165) is 46.5 Å². The highest BCUT2D eigenvalue weighted by Gasteiger charge is 2.50. The third kappa shape index (κ3) is 3.75. The van der Waals surface area contributed by atoms with Crippen LogP contribution in [0, 0.1) is 26.2 Å². The Hall–Kier alpha value is -3.25. The third-order valence-electron chi connectivity index (χ3n) is 6.54. The number of nitrogens with zero attached hydrogens (tertiary/aromatic N) is 5. The second-order valence-corrected chi connectivity index (χ2v) is 9.49. The molecule has 0 atom stereocenters. The average Bonchev–Trinajstić information content (AvgIpc) is 3.12. The molecule has 0 radical (unpaired) electrons. The van der Waals surface area contributed by atoms with Gasteiger partial charge in [-0.2, -0.15) is 0 Å². The molecule has 6 heteroatoms. The molecule has 2 fully saturated rings. The minimum Gasteiger partial charge on any atom is -0.370 e. The van der Waals surface area contributed by atoms with Crippen molar-refractivity contribution in [1.29, 1.82) is 0 Å². The lowest BCUT2D eigenvalue weighted by Gasteiger charge is -2.60. The highest BCUT2D eigenvalue weighted by atomic mass is 16.1. The van der Waals surface area contributed by atoms with Crippen LogP contribution in [-0.2, 0) is 0 Å². The predicted molar refractivity (Wildman–Crippen MR) is 130 cm³/mol. The van der Waals surface area contributed by atoms with Gasteiger partial charge in [-0.25, -0.2) is 4.98 Å². The summed E-state index contributed by atoms with van der Waals surface area (Å²) >= 11 is 0. The Kier molecular flexibility index (Phi) is 4.97. The Morgan fingerprint density at radius 1 is 0.938 bits per heavy atom. The normalized spacial score (nSPS) is 17.1. The number of benzene rings is 1. The average molecular weight is 428 g/mol. The fourth-order valence-electron chi connectivity index (χ4n) is 5.12. The molecule has 0 N–H and O–H groups in total. The van der Waals surface area contributed by atoms with Gasteiger partial charge in [-0.1, -0.05) is 12.1 Å². The van der Waals surface area contributed by atoms with Crippen LogP contribution in [0.4, 0.5) is 5.69 Å². The number of imidazole rings is 1. The monoisotopic (exact) mass is 427 g/mol. The number of aromatic nitrogens is 3. The lowest BCUT2D eigenvalue weighted by atomic mass is 9.73. The first-order valence-corrected chi connectivity index (χ1v) is 11.1. The summed E-state index contributed by atoms with van der Waals surface area (Å²) in [5.74, 6) is 0. The van der Waals surface area contributed by atoms with Crippen LogP contribution < -0.4 is 10.3 Å². The Bertz CT molecular complexity index is 1360. The van der Waals surface area contributed by atoms with Crippen molar-refractivity contribution in [2.45, 2.75) is 20.8 Å². The molecule has 1 spiro atoms. The fourth-order valence-corrected chi connectivity index (χ4v) is 5.12. The Morgan fingerprint density at radius 3 is 2.41 bits per heavy atom. The first kappa shape index (κ1) is 20.6. The van der Waals surface area contributed by atoms with E-state index >= 15 is 0 Å². The Morgan fingerprint density at radius 2 is 1.66 bits per heavy atom. The number of hydrogen-bond donors (Lipinski definition) is 0. The van der Waals surface area contributed by atoms with E-state index in [4.69, 9.17) is 0 Å². The van der Waals surface area contributed by atoms with Crippen LogP contribution in [0.5, 0.6) is 0 Å². The standard InChI is InChI=1S/C18H20N2O.C8H9N3/c1-13-7-14-3-5-16(8-15(14)4-6-17(13)21)20-11-18(12-20)9-19(2)10-18;1-6-5-11-4-3-9-8(11)7(2)10-6/h3-8H,9-12H2,1-2H3;3-5H,1-2H3. The summed E-state index contributed by atoms with van der Waals surface area (Å²) in [7, 11) is 2.19. The van der Waals surface area contributed by atoms with E-state index in [1.807, 2.05) is 49.7 Å². The molecule has 2 aliphatic heterocycles. The minimum atomic E-state index is 0.105. The predicted octanol–water partition coefficient (Wildman–Crippen LogP) is 3.61. The highest BCUT2D eigenvalue weighted by molar-refractivity contribution is 5.86. The van der Waals surface area contributed by atoms with Crippen molar-refractivity contribution in [3.63, 3.8) is 0 Å². The molecule has 164 valence electrons. The maximum Gasteiger partial charge on any atom is 0.181 e. The van der Waals surface area contributed by atoms with Crippen molar-refractivity contribution in [3.05, 3.63) is 82.2 Å². The van der Waals surface area contributed by atoms with Crippen LogP contribution >= 0.6 is 0 Å². The number of likely N-dealkylation sites (tertiary alicyclic amines) is 1. The molecule has 2 aromatic heterocycles. The van der Waals surface area contributed by atoms with Gasteiger partial charge in [0.05, 0.1) is 11.4 Å². The first-order valence-electron chi connectivity index (χ1n) is 11.1. The maximum atomic E-state index is 11.8. The number of hydrogen-bond acceptors (Lipinski definition) is 5. The molecule has 2 aromatic carbocycles. The van der Waals surface area contributed by atoms with Gasteiger partial charge >= 0.3 is 0 Å². The van der Waals surface area contributed by atoms with Crippen molar-refractivity contribution < 1.29 is 0 Å². The second-order valence-electron chi connectivity index (χ2n) is 9.49. The van der Waals surface area contributed by atoms with Gasteiger partial charge in [-0.05, 0) is 68.4 Å². The minimum absolute atomic E-state index is 0.105. The van der Waals surface area contributed by atoms with Crippen molar-refractivity contribution in [2.24, 2.45) is 5.41 Å². The molecule has 4 aromatic rings. The zero-order valence-electron chi connectivity index (χ0n) is 19.2. The summed E-state index contributed by atoms with van der Waals surface area (Å²) in [6.07, 6.45) is 5.68. The molecule has 0 amide bonds. The Labute approximate surface area is 188 Å². The van der Waals surface area contributed by atoms with Gasteiger partial charge in [-0.15, -0.1) is 0 Å². The number of rotatable bonds is 1. The van der Waals surface area contributed by atoms with E-state index in [-0.39, 0.29) is 5.43 Å². The highest BCUT2D eigenvalue weighted by Crippen LogP contribution is 2.41. The van der Waals surface area contributed by atoms with Crippen molar-refractivity contribution in [3.8, 4) is 0 Å². The summed E-state index contributed by atoms with van der Waals surface area (Å²) < 4.78 is 1.98. The summed E-state index contributed by atoms with van der Waals surface area (Å²) in [4.78, 5) is 25.0. The second kappa shape index (κ2) is 7.71. The van der Waals surface area contributed by atoms with Crippen LogP contribution in [-0.4, -0.2) is 52.5 Å². The van der Waals surface area contributed by atoms with Gasteiger partial charge in [0, 0.05) is 55.9 Å². The molecule has 32 heavy (non-hydrogen) atoms. The molecule has 4 heterocycles. The number of aryl methyl sites for hydroxylation is 3. The van der Waals surface area contributed by atoms with Gasteiger partial charge in [0.25, 0.3) is 0 Å². The third-order valence-corrected chi connectivity index (χ3v) is 6.54. The van der Waals surface area contributed by atoms with Crippen molar-refractivity contribution >= 4 is 22.1 Å². The van der Waals surface area contributed by atoms with Gasteiger partial charge in [-0.3, -0.25) is 9.78 Å². The van der Waals surface area contributed by atoms with E-state index in [1.165, 1.54) is 18.8 Å². The SMILES string of the molecule is Cc1cc2ccc(N3CC4(CN(C)C4)C3)cc2ccc1=O.Cc1cn2ccnc2c(C)n1. The maximum absolute atomic E-state index is 11.8. The summed E-state index contributed by atoms with van der Waals surface area (Å²) in [5.41, 5.74) is 5.67. The van der Waals surface area contributed by atoms with Crippen molar-refractivity contribution in [1.82, 2.24) is 19.3 Å². The van der Waals surface area contributed by atoms with Crippen LogP contribution in [0.25, 0.3) is 16.4 Å². The number of anilines is 1. The van der Waals surface area contributed by atoms with Crippen LogP contribution in [0.3, 0.4) is 0 Å².